The predicted octanol–water partition coefficient (Wildman–Crippen LogP) is 3.82. The van der Waals surface area contributed by atoms with Gasteiger partial charge in [-0.15, -0.1) is 0 Å². The molecule has 4 heteroatoms. The molecule has 1 unspecified atom stereocenters. The number of nitrogens with zero attached hydrogens (tertiary/aromatic N) is 1. The van der Waals surface area contributed by atoms with Crippen LogP contribution in [0.2, 0.25) is 5.02 Å². The van der Waals surface area contributed by atoms with Gasteiger partial charge in [-0.1, -0.05) is 43.0 Å². The summed E-state index contributed by atoms with van der Waals surface area (Å²) in [6.07, 6.45) is 5.76. The number of benzene rings is 1. The molecule has 0 N–H and O–H groups in total. The highest BCUT2D eigenvalue weighted by atomic mass is 35.5. The largest absolute Gasteiger partial charge is 0.370 e. The Labute approximate surface area is 131 Å². The molecule has 21 heavy (non-hydrogen) atoms. The van der Waals surface area contributed by atoms with Gasteiger partial charge in [0.2, 0.25) is 5.91 Å². The first kappa shape index (κ1) is 14.9. The van der Waals surface area contributed by atoms with Crippen molar-refractivity contribution in [1.29, 1.82) is 0 Å². The second kappa shape index (κ2) is 6.80. The van der Waals surface area contributed by atoms with Crippen molar-refractivity contribution in [3.63, 3.8) is 0 Å². The minimum Gasteiger partial charge on any atom is -0.370 e. The smallest absolute Gasteiger partial charge is 0.225 e. The highest BCUT2D eigenvalue weighted by Crippen LogP contribution is 2.29. The van der Waals surface area contributed by atoms with Crippen LogP contribution >= 0.6 is 11.6 Å². The predicted molar refractivity (Wildman–Crippen MR) is 83.3 cm³/mol. The lowest BCUT2D eigenvalue weighted by molar-refractivity contribution is -0.144. The number of hydrogen-bond acceptors (Lipinski definition) is 2. The van der Waals surface area contributed by atoms with Crippen LogP contribution in [0.15, 0.2) is 24.3 Å². The summed E-state index contributed by atoms with van der Waals surface area (Å²) in [5.41, 5.74) is 1.10. The van der Waals surface area contributed by atoms with Crippen LogP contribution in [0.4, 0.5) is 0 Å². The summed E-state index contributed by atoms with van der Waals surface area (Å²) in [7, 11) is 0. The molecule has 1 saturated carbocycles. The summed E-state index contributed by atoms with van der Waals surface area (Å²) in [6, 6.07) is 7.73. The van der Waals surface area contributed by atoms with Crippen molar-refractivity contribution >= 4 is 17.5 Å². The van der Waals surface area contributed by atoms with E-state index < -0.39 is 0 Å². The summed E-state index contributed by atoms with van der Waals surface area (Å²) >= 11 is 5.93. The Hall–Kier alpha value is -1.06. The molecule has 1 aromatic carbocycles. The number of hydrogen-bond donors (Lipinski definition) is 0. The summed E-state index contributed by atoms with van der Waals surface area (Å²) in [5.74, 6) is 0.569. The van der Waals surface area contributed by atoms with Gasteiger partial charge in [0.25, 0.3) is 0 Å². The van der Waals surface area contributed by atoms with Gasteiger partial charge in [0.05, 0.1) is 13.2 Å². The molecule has 0 spiro atoms. The number of carbonyl (C=O) groups excluding carboxylic acids is 1. The Bertz CT molecular complexity index is 482. The van der Waals surface area contributed by atoms with E-state index in [9.17, 15) is 4.79 Å². The maximum atomic E-state index is 12.6. The molecule has 2 fully saturated rings. The van der Waals surface area contributed by atoms with Gasteiger partial charge in [-0.2, -0.15) is 0 Å². The SMILES string of the molecule is O=C(C1CCCCC1)N1CCOC(c2ccc(Cl)cc2)C1. The van der Waals surface area contributed by atoms with Crippen LogP contribution in [-0.4, -0.2) is 30.5 Å². The number of ether oxygens (including phenoxy) is 1. The van der Waals surface area contributed by atoms with Crippen LogP contribution in [0, 0.1) is 5.92 Å². The molecule has 0 bridgehead atoms. The molecule has 1 heterocycles. The summed E-state index contributed by atoms with van der Waals surface area (Å²) in [4.78, 5) is 14.6. The van der Waals surface area contributed by atoms with Gasteiger partial charge in [-0.25, -0.2) is 0 Å². The van der Waals surface area contributed by atoms with E-state index in [1.54, 1.807) is 0 Å². The van der Waals surface area contributed by atoms with Crippen molar-refractivity contribution in [2.75, 3.05) is 19.7 Å². The lowest BCUT2D eigenvalue weighted by Gasteiger charge is -2.36. The van der Waals surface area contributed by atoms with Gasteiger partial charge in [0, 0.05) is 17.5 Å². The Morgan fingerprint density at radius 1 is 1.14 bits per heavy atom. The Kier molecular flexibility index (Phi) is 4.81. The van der Waals surface area contributed by atoms with Crippen molar-refractivity contribution in [1.82, 2.24) is 4.90 Å². The highest BCUT2D eigenvalue weighted by Gasteiger charge is 2.30. The zero-order chi connectivity index (χ0) is 14.7. The lowest BCUT2D eigenvalue weighted by atomic mass is 9.88. The van der Waals surface area contributed by atoms with E-state index in [0.29, 0.717) is 19.1 Å². The standard InChI is InChI=1S/C17H22ClNO2/c18-15-8-6-13(7-9-15)16-12-19(10-11-21-16)17(20)14-4-2-1-3-5-14/h6-9,14,16H,1-5,10-12H2. The number of halogens is 1. The molecule has 3 rings (SSSR count). The molecular formula is C17H22ClNO2. The van der Waals surface area contributed by atoms with E-state index in [1.807, 2.05) is 29.2 Å². The number of amides is 1. The van der Waals surface area contributed by atoms with Gasteiger partial charge in [-0.3, -0.25) is 4.79 Å². The van der Waals surface area contributed by atoms with Crippen LogP contribution < -0.4 is 0 Å². The maximum absolute atomic E-state index is 12.6. The zero-order valence-corrected chi connectivity index (χ0v) is 13.0. The van der Waals surface area contributed by atoms with E-state index >= 15 is 0 Å². The van der Waals surface area contributed by atoms with E-state index in [-0.39, 0.29) is 12.0 Å². The number of carbonyl (C=O) groups is 1. The van der Waals surface area contributed by atoms with Crippen molar-refractivity contribution < 1.29 is 9.53 Å². The molecule has 114 valence electrons. The third-order valence-electron chi connectivity index (χ3n) is 4.57. The molecule has 1 atom stereocenters. The fourth-order valence-electron chi connectivity index (χ4n) is 3.34. The molecule has 0 aromatic heterocycles. The molecule has 1 amide bonds. The first-order valence-corrected chi connectivity index (χ1v) is 8.27. The monoisotopic (exact) mass is 307 g/mol. The van der Waals surface area contributed by atoms with Gasteiger partial charge in [-0.05, 0) is 30.5 Å². The fraction of sp³-hybridized carbons (Fsp3) is 0.588. The number of morpholine rings is 1. The third-order valence-corrected chi connectivity index (χ3v) is 4.83. The highest BCUT2D eigenvalue weighted by molar-refractivity contribution is 6.30. The van der Waals surface area contributed by atoms with E-state index in [1.165, 1.54) is 19.3 Å². The lowest BCUT2D eigenvalue weighted by Crippen LogP contribution is -2.45. The molecule has 3 nitrogen and oxygen atoms in total. The fourth-order valence-corrected chi connectivity index (χ4v) is 3.46. The van der Waals surface area contributed by atoms with Crippen molar-refractivity contribution in [2.24, 2.45) is 5.92 Å². The Balaban J connectivity index is 1.64. The number of rotatable bonds is 2. The van der Waals surface area contributed by atoms with Crippen LogP contribution in [0.25, 0.3) is 0 Å². The van der Waals surface area contributed by atoms with E-state index in [0.717, 1.165) is 30.0 Å². The average molecular weight is 308 g/mol. The third kappa shape index (κ3) is 3.58. The molecule has 0 radical (unpaired) electrons. The topological polar surface area (TPSA) is 29.5 Å². The molecular weight excluding hydrogens is 286 g/mol. The average Bonchev–Trinajstić information content (AvgIpc) is 2.56. The van der Waals surface area contributed by atoms with Crippen molar-refractivity contribution in [3.8, 4) is 0 Å². The van der Waals surface area contributed by atoms with Gasteiger partial charge < -0.3 is 9.64 Å². The molecule has 2 aliphatic rings. The molecule has 1 aliphatic heterocycles. The van der Waals surface area contributed by atoms with Crippen molar-refractivity contribution in [3.05, 3.63) is 34.9 Å². The normalized spacial score (nSPS) is 24.0. The van der Waals surface area contributed by atoms with E-state index in [2.05, 4.69) is 0 Å². The molecule has 1 aliphatic carbocycles. The minimum absolute atomic E-state index is 0.0245. The van der Waals surface area contributed by atoms with Crippen LogP contribution in [0.1, 0.15) is 43.8 Å². The summed E-state index contributed by atoms with van der Waals surface area (Å²) < 4.78 is 5.83. The second-order valence-electron chi connectivity index (χ2n) is 6.03. The Morgan fingerprint density at radius 2 is 1.86 bits per heavy atom. The summed E-state index contributed by atoms with van der Waals surface area (Å²) in [5, 5.41) is 0.727. The second-order valence-corrected chi connectivity index (χ2v) is 6.47. The molecule has 1 saturated heterocycles. The molecule has 1 aromatic rings. The summed E-state index contributed by atoms with van der Waals surface area (Å²) in [6.45, 7) is 2.00. The van der Waals surface area contributed by atoms with Crippen LogP contribution in [-0.2, 0) is 9.53 Å². The maximum Gasteiger partial charge on any atom is 0.225 e. The van der Waals surface area contributed by atoms with Crippen LogP contribution in [0.5, 0.6) is 0 Å². The van der Waals surface area contributed by atoms with Crippen molar-refractivity contribution in [2.45, 2.75) is 38.2 Å². The Morgan fingerprint density at radius 3 is 2.57 bits per heavy atom. The van der Waals surface area contributed by atoms with Crippen LogP contribution in [0.3, 0.4) is 0 Å². The van der Waals surface area contributed by atoms with Gasteiger partial charge in [0.15, 0.2) is 0 Å². The minimum atomic E-state index is -0.0245. The first-order valence-electron chi connectivity index (χ1n) is 7.90. The quantitative estimate of drug-likeness (QED) is 0.831. The first-order chi connectivity index (χ1) is 10.2. The van der Waals surface area contributed by atoms with Gasteiger partial charge in [0.1, 0.15) is 6.10 Å². The van der Waals surface area contributed by atoms with Gasteiger partial charge >= 0.3 is 0 Å². The zero-order valence-electron chi connectivity index (χ0n) is 12.3. The van der Waals surface area contributed by atoms with E-state index in [4.69, 9.17) is 16.3 Å².